The molecule has 0 aliphatic carbocycles. The molecule has 224 valence electrons. The highest BCUT2D eigenvalue weighted by atomic mass is 16.5. The second-order valence-corrected chi connectivity index (χ2v) is 12.5. The fraction of sp³-hybridized carbons (Fsp3) is 0.700. The first kappa shape index (κ1) is 31.8. The summed E-state index contributed by atoms with van der Waals surface area (Å²) in [6.07, 6.45) is 3.29. The van der Waals surface area contributed by atoms with Gasteiger partial charge < -0.3 is 36.0 Å². The summed E-state index contributed by atoms with van der Waals surface area (Å²) < 4.78 is 4.78. The van der Waals surface area contributed by atoms with Gasteiger partial charge in [-0.15, -0.1) is 0 Å². The number of hydrogen-bond acceptors (Lipinski definition) is 7. The van der Waals surface area contributed by atoms with Gasteiger partial charge in [-0.3, -0.25) is 9.59 Å². The SMILES string of the molecule is COC(=O)NC1Cc2ccccc2N(C(=O)CC(C)(C)C[C@H](NC(=O)C(N)C(C)C)[C@@H](O)CN2CCCCC2)C1. The Morgan fingerprint density at radius 3 is 2.48 bits per heavy atom. The number of aliphatic hydroxyl groups excluding tert-OH is 1. The monoisotopic (exact) mass is 559 g/mol. The number of methoxy groups -OCH3 is 1. The minimum Gasteiger partial charge on any atom is -0.453 e. The molecule has 3 amide bonds. The number of fused-ring (bicyclic) bond motifs is 1. The van der Waals surface area contributed by atoms with Crippen LogP contribution in [-0.4, -0.2) is 85.4 Å². The molecule has 1 fully saturated rings. The van der Waals surface area contributed by atoms with Crippen molar-refractivity contribution >= 4 is 23.6 Å². The van der Waals surface area contributed by atoms with Crippen LogP contribution in [0.25, 0.3) is 0 Å². The molecule has 1 aromatic rings. The van der Waals surface area contributed by atoms with Crippen LogP contribution in [0.15, 0.2) is 24.3 Å². The summed E-state index contributed by atoms with van der Waals surface area (Å²) in [7, 11) is 1.32. The standard InChI is InChI=1S/C30H49N5O5/c1-20(2)27(31)28(38)33-23(25(36)19-34-13-9-6-10-14-34)16-30(3,4)17-26(37)35-18-22(32-29(39)40-5)15-21-11-7-8-12-24(21)35/h7-8,11-12,20,22-23,25,27,36H,6,9-10,13-19,31H2,1-5H3,(H,32,39)(H,33,38)/t22?,23-,25-,27?/m0/s1. The fourth-order valence-corrected chi connectivity index (χ4v) is 5.72. The number of carbonyl (C=O) groups is 3. The molecule has 10 heteroatoms. The first-order valence-electron chi connectivity index (χ1n) is 14.6. The molecule has 0 spiro atoms. The third-order valence-electron chi connectivity index (χ3n) is 8.07. The Bertz CT molecular complexity index is 1010. The average Bonchev–Trinajstić information content (AvgIpc) is 2.91. The van der Waals surface area contributed by atoms with E-state index in [2.05, 4.69) is 15.5 Å². The summed E-state index contributed by atoms with van der Waals surface area (Å²) in [5, 5.41) is 17.2. The first-order valence-corrected chi connectivity index (χ1v) is 14.6. The van der Waals surface area contributed by atoms with E-state index in [9.17, 15) is 19.5 Å². The number of hydrogen-bond donors (Lipinski definition) is 4. The second-order valence-electron chi connectivity index (χ2n) is 12.5. The van der Waals surface area contributed by atoms with E-state index in [0.29, 0.717) is 25.9 Å². The summed E-state index contributed by atoms with van der Waals surface area (Å²) in [6, 6.07) is 6.21. The zero-order valence-electron chi connectivity index (χ0n) is 24.8. The smallest absolute Gasteiger partial charge is 0.407 e. The van der Waals surface area contributed by atoms with Crippen molar-refractivity contribution in [2.24, 2.45) is 17.1 Å². The number of anilines is 1. The van der Waals surface area contributed by atoms with Gasteiger partial charge >= 0.3 is 6.09 Å². The van der Waals surface area contributed by atoms with Crippen LogP contribution in [0.3, 0.4) is 0 Å². The van der Waals surface area contributed by atoms with Crippen LogP contribution in [-0.2, 0) is 20.7 Å². The topological polar surface area (TPSA) is 137 Å². The number of carbonyl (C=O) groups excluding carboxylic acids is 3. The summed E-state index contributed by atoms with van der Waals surface area (Å²) in [5.74, 6) is -0.412. The van der Waals surface area contributed by atoms with E-state index in [0.717, 1.165) is 37.2 Å². The predicted octanol–water partition coefficient (Wildman–Crippen LogP) is 2.42. The van der Waals surface area contributed by atoms with E-state index in [4.69, 9.17) is 10.5 Å². The molecule has 2 unspecified atom stereocenters. The zero-order chi connectivity index (χ0) is 29.4. The molecule has 1 aromatic carbocycles. The van der Waals surface area contributed by atoms with Crippen LogP contribution in [0.4, 0.5) is 10.5 Å². The van der Waals surface area contributed by atoms with E-state index in [1.54, 1.807) is 4.90 Å². The van der Waals surface area contributed by atoms with Crippen molar-refractivity contribution in [3.63, 3.8) is 0 Å². The van der Waals surface area contributed by atoms with Gasteiger partial charge in [0.2, 0.25) is 11.8 Å². The van der Waals surface area contributed by atoms with Gasteiger partial charge in [0.1, 0.15) is 0 Å². The van der Waals surface area contributed by atoms with Crippen molar-refractivity contribution in [3.8, 4) is 0 Å². The minimum absolute atomic E-state index is 0.0415. The zero-order valence-corrected chi connectivity index (χ0v) is 24.8. The summed E-state index contributed by atoms with van der Waals surface area (Å²) in [4.78, 5) is 42.6. The molecule has 4 atom stereocenters. The number of aliphatic hydroxyl groups is 1. The highest BCUT2D eigenvalue weighted by molar-refractivity contribution is 5.95. The van der Waals surface area contributed by atoms with E-state index in [1.165, 1.54) is 13.5 Å². The second kappa shape index (κ2) is 14.3. The van der Waals surface area contributed by atoms with Crippen LogP contribution >= 0.6 is 0 Å². The van der Waals surface area contributed by atoms with Gasteiger partial charge in [-0.25, -0.2) is 4.79 Å². The van der Waals surface area contributed by atoms with Gasteiger partial charge in [-0.2, -0.15) is 0 Å². The van der Waals surface area contributed by atoms with Crippen molar-refractivity contribution in [3.05, 3.63) is 29.8 Å². The van der Waals surface area contributed by atoms with Gasteiger partial charge in [-0.05, 0) is 61.7 Å². The molecule has 0 radical (unpaired) electrons. The highest BCUT2D eigenvalue weighted by Crippen LogP contribution is 2.33. The van der Waals surface area contributed by atoms with Gasteiger partial charge in [0.25, 0.3) is 0 Å². The van der Waals surface area contributed by atoms with E-state index in [-0.39, 0.29) is 30.2 Å². The van der Waals surface area contributed by atoms with Crippen molar-refractivity contribution in [2.45, 2.75) is 90.4 Å². The maximum atomic E-state index is 13.8. The summed E-state index contributed by atoms with van der Waals surface area (Å²) in [6.45, 7) is 10.4. The lowest BCUT2D eigenvalue weighted by molar-refractivity contribution is -0.125. The number of amides is 3. The first-order chi connectivity index (χ1) is 18.9. The number of para-hydroxylation sites is 1. The Morgan fingerprint density at radius 2 is 1.82 bits per heavy atom. The van der Waals surface area contributed by atoms with E-state index in [1.807, 2.05) is 52.0 Å². The van der Waals surface area contributed by atoms with Crippen molar-refractivity contribution in [1.29, 1.82) is 0 Å². The molecule has 5 N–H and O–H groups in total. The molecule has 0 saturated carbocycles. The maximum absolute atomic E-state index is 13.8. The number of β-amino-alcohol motifs (C(OH)–C–C–N with tert-alkyl or cyclic N) is 1. The van der Waals surface area contributed by atoms with Gasteiger partial charge in [0.05, 0.1) is 31.3 Å². The molecular formula is C30H49N5O5. The minimum atomic E-state index is -0.792. The third kappa shape index (κ3) is 8.91. The van der Waals surface area contributed by atoms with Crippen LogP contribution in [0.1, 0.15) is 65.4 Å². The van der Waals surface area contributed by atoms with Gasteiger partial charge in [-0.1, -0.05) is 52.3 Å². The number of piperidine rings is 1. The Labute approximate surface area is 239 Å². The number of nitrogens with one attached hydrogen (secondary N) is 2. The summed E-state index contributed by atoms with van der Waals surface area (Å²) >= 11 is 0. The molecule has 0 aromatic heterocycles. The predicted molar refractivity (Wildman–Crippen MR) is 156 cm³/mol. The number of rotatable bonds is 11. The Kier molecular flexibility index (Phi) is 11.4. The molecule has 1 saturated heterocycles. The van der Waals surface area contributed by atoms with Crippen LogP contribution in [0.2, 0.25) is 0 Å². The highest BCUT2D eigenvalue weighted by Gasteiger charge is 2.36. The lowest BCUT2D eigenvalue weighted by atomic mass is 9.80. The van der Waals surface area contributed by atoms with E-state index >= 15 is 0 Å². The Hall–Kier alpha value is -2.69. The van der Waals surface area contributed by atoms with Gasteiger partial charge in [0, 0.05) is 25.2 Å². The van der Waals surface area contributed by atoms with Gasteiger partial charge in [0.15, 0.2) is 0 Å². The molecular weight excluding hydrogens is 510 g/mol. The van der Waals surface area contributed by atoms with Crippen LogP contribution in [0.5, 0.6) is 0 Å². The number of ether oxygens (including phenoxy) is 1. The number of likely N-dealkylation sites (tertiary alicyclic amines) is 1. The van der Waals surface area contributed by atoms with Crippen molar-refractivity contribution in [2.75, 3.05) is 38.2 Å². The summed E-state index contributed by atoms with van der Waals surface area (Å²) in [5.41, 5.74) is 7.40. The maximum Gasteiger partial charge on any atom is 0.407 e. The fourth-order valence-electron chi connectivity index (χ4n) is 5.72. The third-order valence-corrected chi connectivity index (χ3v) is 8.07. The molecule has 10 nitrogen and oxygen atoms in total. The molecule has 2 heterocycles. The number of benzene rings is 1. The quantitative estimate of drug-likeness (QED) is 0.327. The van der Waals surface area contributed by atoms with Crippen molar-refractivity contribution < 1.29 is 24.2 Å². The largest absolute Gasteiger partial charge is 0.453 e. The molecule has 3 rings (SSSR count). The molecule has 40 heavy (non-hydrogen) atoms. The van der Waals surface area contributed by atoms with Crippen LogP contribution < -0.4 is 21.3 Å². The normalized spacial score (nSPS) is 20.3. The van der Waals surface area contributed by atoms with E-state index < -0.39 is 29.7 Å². The lowest BCUT2D eigenvalue weighted by Gasteiger charge is -2.39. The Morgan fingerprint density at radius 1 is 1.15 bits per heavy atom. The average molecular weight is 560 g/mol. The lowest BCUT2D eigenvalue weighted by Crippen LogP contribution is -2.55. The Balaban J connectivity index is 1.75. The van der Waals surface area contributed by atoms with Crippen LogP contribution in [0, 0.1) is 11.3 Å². The molecule has 2 aliphatic rings. The molecule has 0 bridgehead atoms. The molecule has 2 aliphatic heterocycles. The number of nitrogens with zero attached hydrogens (tertiary/aromatic N) is 2. The number of nitrogens with two attached hydrogens (primary N) is 1. The number of alkyl carbamates (subject to hydrolysis) is 1. The van der Waals surface area contributed by atoms with Crippen molar-refractivity contribution in [1.82, 2.24) is 15.5 Å².